The van der Waals surface area contributed by atoms with E-state index in [-0.39, 0.29) is 12.4 Å². The van der Waals surface area contributed by atoms with E-state index in [1.807, 2.05) is 6.07 Å². The highest BCUT2D eigenvalue weighted by molar-refractivity contribution is 7.99. The Morgan fingerprint density at radius 1 is 1.33 bits per heavy atom. The first kappa shape index (κ1) is 13.0. The van der Waals surface area contributed by atoms with Gasteiger partial charge in [-0.05, 0) is 24.1 Å². The standard InChI is InChI=1S/C12H13FN2O2S/c13-10-4-1-3-9(7-10)8-11-14-15-12(17-11)18-6-2-5-16/h1,3-4,7,16H,2,5-6,8H2. The second-order valence-corrected chi connectivity index (χ2v) is 4.74. The number of benzene rings is 1. The molecule has 0 radical (unpaired) electrons. The van der Waals surface area contributed by atoms with E-state index in [2.05, 4.69) is 10.2 Å². The lowest BCUT2D eigenvalue weighted by Crippen LogP contribution is -1.89. The Morgan fingerprint density at radius 2 is 2.22 bits per heavy atom. The first-order valence-electron chi connectivity index (χ1n) is 5.58. The van der Waals surface area contributed by atoms with Crippen LogP contribution in [0.5, 0.6) is 0 Å². The van der Waals surface area contributed by atoms with Crippen LogP contribution in [0.15, 0.2) is 33.9 Å². The summed E-state index contributed by atoms with van der Waals surface area (Å²) in [6.45, 7) is 0.150. The van der Waals surface area contributed by atoms with Crippen LogP contribution in [0.1, 0.15) is 17.9 Å². The van der Waals surface area contributed by atoms with Crippen molar-refractivity contribution in [2.24, 2.45) is 0 Å². The minimum atomic E-state index is -0.274. The zero-order valence-corrected chi connectivity index (χ0v) is 10.5. The van der Waals surface area contributed by atoms with Crippen molar-refractivity contribution in [1.29, 1.82) is 0 Å². The summed E-state index contributed by atoms with van der Waals surface area (Å²) in [5.41, 5.74) is 0.797. The second kappa shape index (κ2) is 6.51. The quantitative estimate of drug-likeness (QED) is 0.643. The molecule has 0 unspecified atom stereocenters. The summed E-state index contributed by atoms with van der Waals surface area (Å²) in [5, 5.41) is 16.9. The SMILES string of the molecule is OCCCSc1nnc(Cc2cccc(F)c2)o1. The molecule has 1 N–H and O–H groups in total. The average Bonchev–Trinajstić information content (AvgIpc) is 2.77. The summed E-state index contributed by atoms with van der Waals surface area (Å²) in [6, 6.07) is 6.31. The van der Waals surface area contributed by atoms with Crippen LogP contribution in [0.4, 0.5) is 4.39 Å². The molecule has 1 aromatic carbocycles. The van der Waals surface area contributed by atoms with Crippen molar-refractivity contribution in [3.05, 3.63) is 41.5 Å². The molecule has 0 bridgehead atoms. The Balaban J connectivity index is 1.94. The van der Waals surface area contributed by atoms with Gasteiger partial charge in [-0.15, -0.1) is 10.2 Å². The van der Waals surface area contributed by atoms with E-state index in [9.17, 15) is 4.39 Å². The molecule has 2 rings (SSSR count). The third-order valence-corrected chi connectivity index (χ3v) is 3.13. The Bertz CT molecular complexity index is 504. The lowest BCUT2D eigenvalue weighted by Gasteiger charge is -1.96. The van der Waals surface area contributed by atoms with Crippen molar-refractivity contribution in [1.82, 2.24) is 10.2 Å². The average molecular weight is 268 g/mol. The molecular formula is C12H13FN2O2S. The fraction of sp³-hybridized carbons (Fsp3) is 0.333. The van der Waals surface area contributed by atoms with Crippen molar-refractivity contribution in [2.75, 3.05) is 12.4 Å². The van der Waals surface area contributed by atoms with Crippen LogP contribution in [-0.4, -0.2) is 27.7 Å². The number of nitrogens with zero attached hydrogens (tertiary/aromatic N) is 2. The fourth-order valence-corrected chi connectivity index (χ4v) is 2.12. The minimum absolute atomic E-state index is 0.150. The summed E-state index contributed by atoms with van der Waals surface area (Å²) < 4.78 is 18.4. The Kier molecular flexibility index (Phi) is 4.72. The molecule has 0 saturated heterocycles. The zero-order chi connectivity index (χ0) is 12.8. The molecule has 6 heteroatoms. The lowest BCUT2D eigenvalue weighted by atomic mass is 10.1. The molecule has 0 atom stereocenters. The fourth-order valence-electron chi connectivity index (χ4n) is 1.41. The molecule has 0 aliphatic rings. The van der Waals surface area contributed by atoms with Gasteiger partial charge in [-0.3, -0.25) is 0 Å². The molecule has 0 saturated carbocycles. The molecule has 1 aromatic heterocycles. The molecule has 0 spiro atoms. The maximum absolute atomic E-state index is 13.0. The zero-order valence-electron chi connectivity index (χ0n) is 9.67. The van der Waals surface area contributed by atoms with Gasteiger partial charge in [-0.1, -0.05) is 23.9 Å². The second-order valence-electron chi connectivity index (χ2n) is 3.69. The first-order chi connectivity index (χ1) is 8.78. The number of halogens is 1. The molecule has 0 aliphatic carbocycles. The number of hydrogen-bond acceptors (Lipinski definition) is 5. The van der Waals surface area contributed by atoms with Gasteiger partial charge in [0.2, 0.25) is 5.89 Å². The Hall–Kier alpha value is -1.40. The highest BCUT2D eigenvalue weighted by Gasteiger charge is 2.07. The maximum Gasteiger partial charge on any atom is 0.276 e. The molecule has 0 amide bonds. The molecule has 1 heterocycles. The number of aromatic nitrogens is 2. The molecular weight excluding hydrogens is 255 g/mol. The molecule has 2 aromatic rings. The van der Waals surface area contributed by atoms with Gasteiger partial charge in [0, 0.05) is 12.4 Å². The van der Waals surface area contributed by atoms with Crippen LogP contribution in [0.2, 0.25) is 0 Å². The van der Waals surface area contributed by atoms with E-state index in [4.69, 9.17) is 9.52 Å². The minimum Gasteiger partial charge on any atom is -0.416 e. The summed E-state index contributed by atoms with van der Waals surface area (Å²) in [7, 11) is 0. The van der Waals surface area contributed by atoms with E-state index >= 15 is 0 Å². The summed E-state index contributed by atoms with van der Waals surface area (Å²) >= 11 is 1.41. The molecule has 18 heavy (non-hydrogen) atoms. The van der Waals surface area contributed by atoms with Crippen LogP contribution in [0, 0.1) is 5.82 Å². The van der Waals surface area contributed by atoms with E-state index < -0.39 is 0 Å². The third-order valence-electron chi connectivity index (χ3n) is 2.22. The topological polar surface area (TPSA) is 59.2 Å². The van der Waals surface area contributed by atoms with Crippen molar-refractivity contribution in [3.8, 4) is 0 Å². The van der Waals surface area contributed by atoms with Crippen molar-refractivity contribution >= 4 is 11.8 Å². The van der Waals surface area contributed by atoms with Crippen LogP contribution < -0.4 is 0 Å². The molecule has 0 aliphatic heterocycles. The number of aliphatic hydroxyl groups is 1. The summed E-state index contributed by atoms with van der Waals surface area (Å²) in [5.74, 6) is 0.926. The molecule has 96 valence electrons. The number of hydrogen-bond donors (Lipinski definition) is 1. The van der Waals surface area contributed by atoms with E-state index in [0.29, 0.717) is 24.0 Å². The van der Waals surface area contributed by atoms with Crippen LogP contribution >= 0.6 is 11.8 Å². The molecule has 0 fully saturated rings. The largest absolute Gasteiger partial charge is 0.416 e. The van der Waals surface area contributed by atoms with Crippen LogP contribution in [0.25, 0.3) is 0 Å². The van der Waals surface area contributed by atoms with Crippen molar-refractivity contribution < 1.29 is 13.9 Å². The first-order valence-corrected chi connectivity index (χ1v) is 6.57. The highest BCUT2D eigenvalue weighted by atomic mass is 32.2. The maximum atomic E-state index is 13.0. The lowest BCUT2D eigenvalue weighted by molar-refractivity contribution is 0.296. The van der Waals surface area contributed by atoms with Crippen LogP contribution in [0.3, 0.4) is 0 Å². The molecule has 4 nitrogen and oxygen atoms in total. The third kappa shape index (κ3) is 3.82. The van der Waals surface area contributed by atoms with Gasteiger partial charge in [0.15, 0.2) is 0 Å². The van der Waals surface area contributed by atoms with Gasteiger partial charge in [0.25, 0.3) is 5.22 Å². The monoisotopic (exact) mass is 268 g/mol. The van der Waals surface area contributed by atoms with Gasteiger partial charge in [0.1, 0.15) is 5.82 Å². The summed E-state index contributed by atoms with van der Waals surface area (Å²) in [4.78, 5) is 0. The summed E-state index contributed by atoms with van der Waals surface area (Å²) in [6.07, 6.45) is 1.11. The van der Waals surface area contributed by atoms with Gasteiger partial charge >= 0.3 is 0 Å². The Morgan fingerprint density at radius 3 is 3.00 bits per heavy atom. The predicted octanol–water partition coefficient (Wildman–Crippen LogP) is 2.27. The van der Waals surface area contributed by atoms with Crippen LogP contribution in [-0.2, 0) is 6.42 Å². The number of thioether (sulfide) groups is 1. The van der Waals surface area contributed by atoms with Crippen molar-refractivity contribution in [3.63, 3.8) is 0 Å². The van der Waals surface area contributed by atoms with Gasteiger partial charge in [-0.25, -0.2) is 4.39 Å². The highest BCUT2D eigenvalue weighted by Crippen LogP contribution is 2.18. The normalized spacial score (nSPS) is 10.8. The van der Waals surface area contributed by atoms with E-state index in [0.717, 1.165) is 11.3 Å². The Labute approximate surface area is 108 Å². The number of rotatable bonds is 6. The van der Waals surface area contributed by atoms with Crippen molar-refractivity contribution in [2.45, 2.75) is 18.1 Å². The smallest absolute Gasteiger partial charge is 0.276 e. The van der Waals surface area contributed by atoms with Gasteiger partial charge in [-0.2, -0.15) is 0 Å². The predicted molar refractivity (Wildman–Crippen MR) is 65.9 cm³/mol. The van der Waals surface area contributed by atoms with E-state index in [1.165, 1.54) is 23.9 Å². The van der Waals surface area contributed by atoms with Gasteiger partial charge in [0.05, 0.1) is 6.42 Å². The van der Waals surface area contributed by atoms with Gasteiger partial charge < -0.3 is 9.52 Å². The number of aliphatic hydroxyl groups excluding tert-OH is 1. The van der Waals surface area contributed by atoms with E-state index in [1.54, 1.807) is 6.07 Å².